The van der Waals surface area contributed by atoms with Gasteiger partial charge in [-0.15, -0.1) is 0 Å². The highest BCUT2D eigenvalue weighted by Gasteiger charge is 2.06. The molecule has 1 rings (SSSR count). The van der Waals surface area contributed by atoms with Gasteiger partial charge < -0.3 is 0 Å². The van der Waals surface area contributed by atoms with E-state index in [1.54, 1.807) is 0 Å². The van der Waals surface area contributed by atoms with Crippen LogP contribution in [0.1, 0.15) is 64.5 Å². The van der Waals surface area contributed by atoms with Crippen molar-refractivity contribution in [1.82, 2.24) is 0 Å². The molecule has 0 N–H and O–H groups in total. The van der Waals surface area contributed by atoms with Crippen LogP contribution in [-0.4, -0.2) is 0 Å². The number of hydrogen-bond acceptors (Lipinski definition) is 0. The van der Waals surface area contributed by atoms with Crippen LogP contribution in [0.3, 0.4) is 0 Å². The lowest BCUT2D eigenvalue weighted by Crippen LogP contribution is -2.01. The second-order valence-electron chi connectivity index (χ2n) is 5.90. The summed E-state index contributed by atoms with van der Waals surface area (Å²) in [6.45, 7) is 9.29. The van der Waals surface area contributed by atoms with E-state index in [1.807, 2.05) is 0 Å². The third-order valence-electron chi connectivity index (χ3n) is 4.21. The summed E-state index contributed by atoms with van der Waals surface area (Å²) < 4.78 is 0. The average molecular weight is 246 g/mol. The molecule has 0 radical (unpaired) electrons. The molecule has 0 saturated carbocycles. The zero-order valence-corrected chi connectivity index (χ0v) is 12.7. The van der Waals surface area contributed by atoms with Crippen LogP contribution in [0.15, 0.2) is 24.3 Å². The lowest BCUT2D eigenvalue weighted by atomic mass is 9.92. The molecule has 0 heteroatoms. The molecule has 0 amide bonds. The molecule has 102 valence electrons. The molecule has 0 nitrogen and oxygen atoms in total. The molecular formula is C18H30. The highest BCUT2D eigenvalue weighted by Crippen LogP contribution is 2.19. The van der Waals surface area contributed by atoms with Crippen LogP contribution >= 0.6 is 0 Å². The minimum absolute atomic E-state index is 0.866. The molecule has 2 atom stereocenters. The fraction of sp³-hybridized carbons (Fsp3) is 0.667. The first-order valence-electron chi connectivity index (χ1n) is 7.73. The molecule has 0 saturated heterocycles. The molecule has 0 aliphatic carbocycles. The highest BCUT2D eigenvalue weighted by molar-refractivity contribution is 5.22. The summed E-state index contributed by atoms with van der Waals surface area (Å²) in [6.07, 6.45) is 7.83. The Labute approximate surface area is 114 Å². The lowest BCUT2D eigenvalue weighted by molar-refractivity contribution is 0.406. The Balaban J connectivity index is 2.26. The predicted molar refractivity (Wildman–Crippen MR) is 82.0 cm³/mol. The van der Waals surface area contributed by atoms with Crippen molar-refractivity contribution in [1.29, 1.82) is 0 Å². The Hall–Kier alpha value is -0.780. The summed E-state index contributed by atoms with van der Waals surface area (Å²) in [5.41, 5.74) is 2.95. The van der Waals surface area contributed by atoms with E-state index >= 15 is 0 Å². The third kappa shape index (κ3) is 5.71. The molecule has 0 aromatic heterocycles. The molecular weight excluding hydrogens is 216 g/mol. The molecule has 1 aromatic carbocycles. The number of rotatable bonds is 8. The first-order valence-corrected chi connectivity index (χ1v) is 7.73. The molecule has 0 bridgehead atoms. The molecule has 0 heterocycles. The van der Waals surface area contributed by atoms with Gasteiger partial charge in [-0.3, -0.25) is 0 Å². The van der Waals surface area contributed by atoms with Gasteiger partial charge in [0.25, 0.3) is 0 Å². The maximum atomic E-state index is 2.41. The first kappa shape index (κ1) is 15.3. The predicted octanol–water partition coefficient (Wildman–Crippen LogP) is 5.64. The zero-order valence-electron chi connectivity index (χ0n) is 12.7. The van der Waals surface area contributed by atoms with Gasteiger partial charge in [-0.25, -0.2) is 0 Å². The van der Waals surface area contributed by atoms with Crippen LogP contribution in [-0.2, 0) is 12.8 Å². The maximum absolute atomic E-state index is 2.41. The van der Waals surface area contributed by atoms with Gasteiger partial charge in [-0.05, 0) is 42.2 Å². The quantitative estimate of drug-likeness (QED) is 0.556. The zero-order chi connectivity index (χ0) is 13.4. The van der Waals surface area contributed by atoms with Gasteiger partial charge in [0.1, 0.15) is 0 Å². The normalized spacial score (nSPS) is 14.4. The van der Waals surface area contributed by atoms with E-state index in [-0.39, 0.29) is 0 Å². The minimum Gasteiger partial charge on any atom is -0.0651 e. The molecule has 0 fully saturated rings. The van der Waals surface area contributed by atoms with E-state index in [0.717, 1.165) is 18.3 Å². The van der Waals surface area contributed by atoms with Crippen molar-refractivity contribution in [2.24, 2.45) is 11.8 Å². The molecule has 1 aromatic rings. The van der Waals surface area contributed by atoms with Crippen LogP contribution in [0.25, 0.3) is 0 Å². The van der Waals surface area contributed by atoms with E-state index in [9.17, 15) is 0 Å². The van der Waals surface area contributed by atoms with E-state index in [1.165, 1.54) is 43.2 Å². The van der Waals surface area contributed by atoms with E-state index in [0.29, 0.717) is 0 Å². The summed E-state index contributed by atoms with van der Waals surface area (Å²) in [5.74, 6) is 1.76. The molecule has 0 spiro atoms. The topological polar surface area (TPSA) is 0 Å². The molecule has 18 heavy (non-hydrogen) atoms. The minimum atomic E-state index is 0.866. The fourth-order valence-corrected chi connectivity index (χ4v) is 2.27. The molecule has 0 aliphatic rings. The van der Waals surface area contributed by atoms with Crippen molar-refractivity contribution < 1.29 is 0 Å². The van der Waals surface area contributed by atoms with Crippen LogP contribution in [0.2, 0.25) is 0 Å². The van der Waals surface area contributed by atoms with Gasteiger partial charge in [0.05, 0.1) is 0 Å². The number of aryl methyl sites for hydroxylation is 2. The van der Waals surface area contributed by atoms with Crippen molar-refractivity contribution in [2.45, 2.75) is 66.2 Å². The van der Waals surface area contributed by atoms with Gasteiger partial charge in [0.15, 0.2) is 0 Å². The second-order valence-corrected chi connectivity index (χ2v) is 5.90. The van der Waals surface area contributed by atoms with Gasteiger partial charge in [-0.2, -0.15) is 0 Å². The average Bonchev–Trinajstić information content (AvgIpc) is 2.42. The molecule has 2 unspecified atom stereocenters. The van der Waals surface area contributed by atoms with Gasteiger partial charge in [-0.1, -0.05) is 71.2 Å². The Morgan fingerprint density at radius 3 is 1.89 bits per heavy atom. The van der Waals surface area contributed by atoms with Gasteiger partial charge >= 0.3 is 0 Å². The summed E-state index contributed by atoms with van der Waals surface area (Å²) in [6, 6.07) is 9.17. The Bertz CT molecular complexity index is 309. The van der Waals surface area contributed by atoms with Gasteiger partial charge in [0, 0.05) is 0 Å². The Morgan fingerprint density at radius 2 is 1.33 bits per heavy atom. The Morgan fingerprint density at radius 1 is 0.778 bits per heavy atom. The van der Waals surface area contributed by atoms with Crippen molar-refractivity contribution in [3.8, 4) is 0 Å². The summed E-state index contributed by atoms with van der Waals surface area (Å²) in [7, 11) is 0. The van der Waals surface area contributed by atoms with E-state index in [4.69, 9.17) is 0 Å². The SMILES string of the molecule is CCc1ccc(CCC(C)CCC(C)CC)cc1. The van der Waals surface area contributed by atoms with Crippen molar-refractivity contribution in [3.05, 3.63) is 35.4 Å². The van der Waals surface area contributed by atoms with E-state index < -0.39 is 0 Å². The monoisotopic (exact) mass is 246 g/mol. The van der Waals surface area contributed by atoms with Gasteiger partial charge in [0.2, 0.25) is 0 Å². The molecule has 0 aliphatic heterocycles. The van der Waals surface area contributed by atoms with Crippen molar-refractivity contribution in [2.75, 3.05) is 0 Å². The van der Waals surface area contributed by atoms with Crippen molar-refractivity contribution in [3.63, 3.8) is 0 Å². The summed E-state index contributed by atoms with van der Waals surface area (Å²) >= 11 is 0. The van der Waals surface area contributed by atoms with Crippen LogP contribution < -0.4 is 0 Å². The largest absolute Gasteiger partial charge is 0.0651 e. The van der Waals surface area contributed by atoms with E-state index in [2.05, 4.69) is 52.0 Å². The summed E-state index contributed by atoms with van der Waals surface area (Å²) in [4.78, 5) is 0. The lowest BCUT2D eigenvalue weighted by Gasteiger charge is -2.14. The maximum Gasteiger partial charge on any atom is -0.0276 e. The fourth-order valence-electron chi connectivity index (χ4n) is 2.27. The third-order valence-corrected chi connectivity index (χ3v) is 4.21. The van der Waals surface area contributed by atoms with Crippen LogP contribution in [0, 0.1) is 11.8 Å². The summed E-state index contributed by atoms with van der Waals surface area (Å²) in [5, 5.41) is 0. The van der Waals surface area contributed by atoms with Crippen molar-refractivity contribution >= 4 is 0 Å². The Kier molecular flexibility index (Phi) is 7.08. The number of benzene rings is 1. The van der Waals surface area contributed by atoms with Crippen LogP contribution in [0.5, 0.6) is 0 Å². The standard InChI is InChI=1S/C18H30/c1-5-15(3)7-8-16(4)9-10-18-13-11-17(6-2)12-14-18/h11-16H,5-10H2,1-4H3. The second kappa shape index (κ2) is 8.34. The first-order chi connectivity index (χ1) is 8.65. The number of hydrogen-bond donors (Lipinski definition) is 0. The highest BCUT2D eigenvalue weighted by atomic mass is 14.1. The smallest absolute Gasteiger partial charge is 0.0276 e. The van der Waals surface area contributed by atoms with Crippen LogP contribution in [0.4, 0.5) is 0 Å².